The number of aromatic nitrogens is 2. The van der Waals surface area contributed by atoms with Gasteiger partial charge in [-0.05, 0) is 35.4 Å². The van der Waals surface area contributed by atoms with Crippen LogP contribution in [-0.2, 0) is 23.8 Å². The summed E-state index contributed by atoms with van der Waals surface area (Å²) in [5.41, 5.74) is 1.31. The van der Waals surface area contributed by atoms with E-state index in [-0.39, 0.29) is 0 Å². The van der Waals surface area contributed by atoms with E-state index in [0.29, 0.717) is 11.1 Å². The van der Waals surface area contributed by atoms with Crippen LogP contribution in [0.15, 0.2) is 49.1 Å². The van der Waals surface area contributed by atoms with E-state index < -0.39 is 22.6 Å². The van der Waals surface area contributed by atoms with E-state index in [1.54, 1.807) is 49.1 Å². The molecule has 8 heteroatoms. The lowest BCUT2D eigenvalue weighted by atomic mass is 10.00. The maximum absolute atomic E-state index is 11.4. The van der Waals surface area contributed by atoms with Crippen molar-refractivity contribution in [2.45, 2.75) is 12.2 Å². The van der Waals surface area contributed by atoms with E-state index in [0.717, 1.165) is 0 Å². The van der Waals surface area contributed by atoms with Crippen molar-refractivity contribution in [3.8, 4) is 0 Å². The molecule has 2 atom stereocenters. The summed E-state index contributed by atoms with van der Waals surface area (Å²) in [4.78, 5) is 12.8. The monoisotopic (exact) mass is 294 g/mol. The van der Waals surface area contributed by atoms with E-state index in [9.17, 15) is 8.42 Å². The highest BCUT2D eigenvalue weighted by atomic mass is 32.3. The third-order valence-corrected chi connectivity index (χ3v) is 3.48. The molecule has 20 heavy (non-hydrogen) atoms. The van der Waals surface area contributed by atoms with Crippen LogP contribution in [0.25, 0.3) is 0 Å². The summed E-state index contributed by atoms with van der Waals surface area (Å²) in [6.07, 6.45) is 4.68. The average molecular weight is 294 g/mol. The van der Waals surface area contributed by atoms with Gasteiger partial charge in [0.1, 0.15) is 6.10 Å². The van der Waals surface area contributed by atoms with Gasteiger partial charge < -0.3 is 0 Å². The molecular weight excluding hydrogens is 284 g/mol. The molecule has 1 saturated heterocycles. The van der Waals surface area contributed by atoms with Crippen LogP contribution >= 0.6 is 0 Å². The molecule has 0 saturated carbocycles. The second-order valence-electron chi connectivity index (χ2n) is 4.07. The molecule has 3 heterocycles. The van der Waals surface area contributed by atoms with Crippen molar-refractivity contribution < 1.29 is 21.8 Å². The van der Waals surface area contributed by atoms with Crippen LogP contribution in [0.5, 0.6) is 0 Å². The molecule has 1 aliphatic heterocycles. The molecule has 1 fully saturated rings. The Balaban J connectivity index is 2.00. The zero-order valence-corrected chi connectivity index (χ0v) is 10.9. The van der Waals surface area contributed by atoms with E-state index in [4.69, 9.17) is 9.07 Å². The van der Waals surface area contributed by atoms with Gasteiger partial charge in [-0.25, -0.2) is 9.07 Å². The van der Waals surface area contributed by atoms with Gasteiger partial charge in [-0.3, -0.25) is 9.97 Å². The average Bonchev–Trinajstić information content (AvgIpc) is 2.48. The van der Waals surface area contributed by atoms with Crippen LogP contribution < -0.4 is 0 Å². The van der Waals surface area contributed by atoms with Crippen molar-refractivity contribution >= 4 is 10.4 Å². The van der Waals surface area contributed by atoms with E-state index in [1.165, 1.54) is 0 Å². The molecule has 3 rings (SSSR count). The first-order chi connectivity index (χ1) is 9.66. The molecule has 0 amide bonds. The number of rotatable bonds is 2. The maximum atomic E-state index is 11.4. The summed E-state index contributed by atoms with van der Waals surface area (Å²) in [5.74, 6) is 0. The van der Waals surface area contributed by atoms with Crippen molar-refractivity contribution in [1.29, 1.82) is 0 Å². The summed E-state index contributed by atoms with van der Waals surface area (Å²) < 4.78 is 32.1. The topological polar surface area (TPSA) is 87.6 Å². The van der Waals surface area contributed by atoms with Crippen LogP contribution in [0, 0.1) is 0 Å². The third kappa shape index (κ3) is 2.68. The van der Waals surface area contributed by atoms with Crippen molar-refractivity contribution in [1.82, 2.24) is 9.97 Å². The van der Waals surface area contributed by atoms with Crippen molar-refractivity contribution in [2.75, 3.05) is 0 Å². The second kappa shape index (κ2) is 5.25. The van der Waals surface area contributed by atoms with Crippen molar-refractivity contribution in [3.63, 3.8) is 0 Å². The smallest absolute Gasteiger partial charge is 0.265 e. The summed E-state index contributed by atoms with van der Waals surface area (Å²) in [6, 6.07) is 6.71. The number of pyridine rings is 2. The van der Waals surface area contributed by atoms with Gasteiger partial charge in [0.2, 0.25) is 0 Å². The standard InChI is InChI=1S/C12H10N2O5S/c15-20(16)18-12(10-3-7-14-8-4-10)11(17-19-20)9-1-5-13-6-2-9/h1-8,11-12H. The van der Waals surface area contributed by atoms with Gasteiger partial charge in [0.15, 0.2) is 6.10 Å². The molecular formula is C12H10N2O5S. The minimum Gasteiger partial charge on any atom is -0.265 e. The molecule has 7 nitrogen and oxygen atoms in total. The van der Waals surface area contributed by atoms with Gasteiger partial charge in [-0.2, -0.15) is 8.42 Å². The third-order valence-electron chi connectivity index (χ3n) is 2.79. The second-order valence-corrected chi connectivity index (χ2v) is 5.22. The van der Waals surface area contributed by atoms with Crippen LogP contribution in [0.1, 0.15) is 23.3 Å². The molecule has 2 aromatic heterocycles. The fourth-order valence-corrected chi connectivity index (χ4v) is 2.58. The largest absolute Gasteiger partial charge is 0.427 e. The molecule has 104 valence electrons. The molecule has 0 spiro atoms. The van der Waals surface area contributed by atoms with E-state index in [1.807, 2.05) is 0 Å². The van der Waals surface area contributed by atoms with Gasteiger partial charge >= 0.3 is 10.4 Å². The molecule has 2 unspecified atom stereocenters. The minimum atomic E-state index is -4.18. The first kappa shape index (κ1) is 13.1. The predicted octanol–water partition coefficient (Wildman–Crippen LogP) is 1.48. The van der Waals surface area contributed by atoms with Gasteiger partial charge in [0, 0.05) is 24.8 Å². The molecule has 0 N–H and O–H groups in total. The maximum Gasteiger partial charge on any atom is 0.427 e. The summed E-state index contributed by atoms with van der Waals surface area (Å²) in [7, 11) is -4.18. The molecule has 0 aliphatic carbocycles. The Labute approximate surface area is 115 Å². The van der Waals surface area contributed by atoms with Crippen LogP contribution in [0.2, 0.25) is 0 Å². The number of hydrogen-bond donors (Lipinski definition) is 0. The van der Waals surface area contributed by atoms with Crippen LogP contribution in [0.4, 0.5) is 0 Å². The summed E-state index contributed by atoms with van der Waals surface area (Å²) >= 11 is 0. The first-order valence-electron chi connectivity index (χ1n) is 5.74. The SMILES string of the molecule is O=S1(=O)OOC(c2ccncc2)C(c2ccncc2)O1. The summed E-state index contributed by atoms with van der Waals surface area (Å²) in [6.45, 7) is 0. The van der Waals surface area contributed by atoms with Gasteiger partial charge in [-0.1, -0.05) is 4.33 Å². The fourth-order valence-electron chi connectivity index (χ4n) is 1.90. The van der Waals surface area contributed by atoms with Crippen LogP contribution in [0.3, 0.4) is 0 Å². The van der Waals surface area contributed by atoms with Crippen molar-refractivity contribution in [2.24, 2.45) is 0 Å². The lowest BCUT2D eigenvalue weighted by molar-refractivity contribution is -0.296. The lowest BCUT2D eigenvalue weighted by Gasteiger charge is -2.29. The molecule has 1 aliphatic rings. The lowest BCUT2D eigenvalue weighted by Crippen LogP contribution is -2.28. The summed E-state index contributed by atoms with van der Waals surface area (Å²) in [5, 5.41) is 0. The Morgan fingerprint density at radius 1 is 0.850 bits per heavy atom. The van der Waals surface area contributed by atoms with Gasteiger partial charge in [0.25, 0.3) is 0 Å². The minimum absolute atomic E-state index is 0.619. The zero-order chi connectivity index (χ0) is 14.0. The Bertz CT molecular complexity index is 678. The van der Waals surface area contributed by atoms with Gasteiger partial charge in [0.05, 0.1) is 0 Å². The number of nitrogens with zero attached hydrogens (tertiary/aromatic N) is 2. The normalized spacial score (nSPS) is 25.2. The van der Waals surface area contributed by atoms with Crippen molar-refractivity contribution in [3.05, 3.63) is 60.2 Å². The molecule has 0 radical (unpaired) electrons. The first-order valence-corrected chi connectivity index (χ1v) is 7.07. The Morgan fingerprint density at radius 3 is 1.90 bits per heavy atom. The Morgan fingerprint density at radius 2 is 1.35 bits per heavy atom. The van der Waals surface area contributed by atoms with E-state index in [2.05, 4.69) is 14.3 Å². The van der Waals surface area contributed by atoms with Crippen LogP contribution in [-0.4, -0.2) is 18.4 Å². The predicted molar refractivity (Wildman–Crippen MR) is 66.1 cm³/mol. The number of hydrogen-bond acceptors (Lipinski definition) is 7. The highest BCUT2D eigenvalue weighted by Gasteiger charge is 2.39. The quantitative estimate of drug-likeness (QED) is 0.775. The molecule has 2 aromatic rings. The zero-order valence-electron chi connectivity index (χ0n) is 10.1. The molecule has 0 aromatic carbocycles. The Kier molecular flexibility index (Phi) is 3.45. The molecule has 0 bridgehead atoms. The van der Waals surface area contributed by atoms with Gasteiger partial charge in [-0.15, -0.1) is 0 Å². The highest BCUT2D eigenvalue weighted by Crippen LogP contribution is 2.40. The Hall–Kier alpha value is -1.87. The highest BCUT2D eigenvalue weighted by molar-refractivity contribution is 7.81. The van der Waals surface area contributed by atoms with E-state index >= 15 is 0 Å². The fraction of sp³-hybridized carbons (Fsp3) is 0.167.